The molecule has 5 rings (SSSR count). The van der Waals surface area contributed by atoms with E-state index in [2.05, 4.69) is 19.2 Å². The Morgan fingerprint density at radius 3 is 2.50 bits per heavy atom. The molecule has 0 aromatic heterocycles. The van der Waals surface area contributed by atoms with E-state index in [0.717, 1.165) is 16.9 Å². The first-order chi connectivity index (χ1) is 16.3. The molecule has 0 radical (unpaired) electrons. The quantitative estimate of drug-likeness (QED) is 0.512. The summed E-state index contributed by atoms with van der Waals surface area (Å²) in [6, 6.07) is 22.6. The van der Waals surface area contributed by atoms with Crippen LogP contribution in [0.2, 0.25) is 0 Å². The van der Waals surface area contributed by atoms with Crippen molar-refractivity contribution in [3.63, 3.8) is 0 Å². The van der Waals surface area contributed by atoms with Gasteiger partial charge in [0.2, 0.25) is 5.91 Å². The fraction of sp³-hybridized carbons (Fsp3) is 0.241. The topological polar surface area (TPSA) is 49.4 Å². The van der Waals surface area contributed by atoms with Crippen molar-refractivity contribution in [2.24, 2.45) is 5.41 Å². The van der Waals surface area contributed by atoms with E-state index < -0.39 is 11.9 Å². The highest BCUT2D eigenvalue weighted by molar-refractivity contribution is 6.06. The molecule has 1 N–H and O–H groups in total. The van der Waals surface area contributed by atoms with Crippen LogP contribution in [0.4, 0.5) is 15.8 Å². The summed E-state index contributed by atoms with van der Waals surface area (Å²) < 4.78 is 14.4. The smallest absolute Gasteiger partial charge is 0.232 e. The van der Waals surface area contributed by atoms with Crippen molar-refractivity contribution < 1.29 is 14.0 Å². The lowest BCUT2D eigenvalue weighted by atomic mass is 9.73. The second kappa shape index (κ2) is 8.56. The second-order valence-corrected chi connectivity index (χ2v) is 9.86. The van der Waals surface area contributed by atoms with Crippen molar-refractivity contribution in [1.29, 1.82) is 0 Å². The van der Waals surface area contributed by atoms with Crippen LogP contribution in [0, 0.1) is 11.2 Å². The Labute approximate surface area is 199 Å². The van der Waals surface area contributed by atoms with Gasteiger partial charge in [0.25, 0.3) is 0 Å². The van der Waals surface area contributed by atoms with Crippen molar-refractivity contribution >= 4 is 23.1 Å². The minimum atomic E-state index is -0.721. The molecule has 3 aromatic rings. The molecule has 0 saturated carbocycles. The number of hydrogen-bond acceptors (Lipinski definition) is 3. The summed E-state index contributed by atoms with van der Waals surface area (Å²) in [4.78, 5) is 29.2. The second-order valence-electron chi connectivity index (χ2n) is 9.86. The third-order valence-corrected chi connectivity index (χ3v) is 6.53. The largest absolute Gasteiger partial charge is 0.357 e. The number of allylic oxidation sites excluding steroid dienone is 1. The highest BCUT2D eigenvalue weighted by Gasteiger charge is 2.43. The molecule has 0 unspecified atom stereocenters. The minimum Gasteiger partial charge on any atom is -0.357 e. The molecule has 4 nitrogen and oxygen atoms in total. The molecule has 0 spiro atoms. The van der Waals surface area contributed by atoms with Crippen LogP contribution in [0.1, 0.15) is 43.9 Å². The first-order valence-corrected chi connectivity index (χ1v) is 11.6. The molecule has 3 aromatic carbocycles. The van der Waals surface area contributed by atoms with Gasteiger partial charge in [-0.25, -0.2) is 4.39 Å². The summed E-state index contributed by atoms with van der Waals surface area (Å²) in [5.74, 6) is -0.566. The number of amides is 1. The lowest BCUT2D eigenvalue weighted by molar-refractivity contribution is -0.119. The van der Waals surface area contributed by atoms with Crippen LogP contribution >= 0.6 is 0 Å². The van der Waals surface area contributed by atoms with Crippen LogP contribution < -0.4 is 10.2 Å². The summed E-state index contributed by atoms with van der Waals surface area (Å²) in [7, 11) is 0. The van der Waals surface area contributed by atoms with E-state index >= 15 is 0 Å². The van der Waals surface area contributed by atoms with Crippen molar-refractivity contribution in [2.75, 3.05) is 10.2 Å². The van der Waals surface area contributed by atoms with Gasteiger partial charge < -0.3 is 5.32 Å². The van der Waals surface area contributed by atoms with Gasteiger partial charge in [0.1, 0.15) is 5.82 Å². The number of fused-ring (bicyclic) bond motifs is 1. The average Bonchev–Trinajstić information content (AvgIpc) is 2.93. The van der Waals surface area contributed by atoms with E-state index in [0.29, 0.717) is 29.7 Å². The number of nitrogens with zero attached hydrogens (tertiary/aromatic N) is 1. The Morgan fingerprint density at radius 1 is 1.00 bits per heavy atom. The molecule has 1 amide bonds. The molecule has 0 bridgehead atoms. The summed E-state index contributed by atoms with van der Waals surface area (Å²) in [6.45, 7) is 4.14. The van der Waals surface area contributed by atoms with Crippen LogP contribution in [0.5, 0.6) is 0 Å². The molecule has 2 aliphatic rings. The lowest BCUT2D eigenvalue weighted by Crippen LogP contribution is -2.40. The minimum absolute atomic E-state index is 0.0154. The number of hydrogen-bond donors (Lipinski definition) is 1. The van der Waals surface area contributed by atoms with Gasteiger partial charge in [-0.2, -0.15) is 0 Å². The van der Waals surface area contributed by atoms with Crippen LogP contribution in [0.3, 0.4) is 0 Å². The van der Waals surface area contributed by atoms with Crippen molar-refractivity contribution in [3.05, 3.63) is 107 Å². The fourth-order valence-electron chi connectivity index (χ4n) is 5.11. The van der Waals surface area contributed by atoms with Gasteiger partial charge >= 0.3 is 0 Å². The number of halogens is 1. The first-order valence-electron chi connectivity index (χ1n) is 11.6. The van der Waals surface area contributed by atoms with Crippen molar-refractivity contribution in [2.45, 2.75) is 39.2 Å². The zero-order chi connectivity index (χ0) is 23.9. The van der Waals surface area contributed by atoms with Gasteiger partial charge in [0.05, 0.1) is 23.8 Å². The number of para-hydroxylation sites is 2. The maximum absolute atomic E-state index is 14.4. The zero-order valence-corrected chi connectivity index (χ0v) is 19.3. The maximum atomic E-state index is 14.4. The van der Waals surface area contributed by atoms with E-state index in [1.165, 1.54) is 12.1 Å². The molecule has 0 fully saturated rings. The molecular formula is C29H27FN2O2. The molecule has 1 heterocycles. The summed E-state index contributed by atoms with van der Waals surface area (Å²) in [5, 5.41) is 3.48. The molecule has 0 saturated heterocycles. The summed E-state index contributed by atoms with van der Waals surface area (Å²) in [5.41, 5.74) is 4.04. The van der Waals surface area contributed by atoms with E-state index in [9.17, 15) is 14.0 Å². The third kappa shape index (κ3) is 4.14. The number of Topliss-reactive ketones (excluding diaryl/α,β-unsaturated/α-hetero) is 1. The Kier molecular flexibility index (Phi) is 5.56. The number of ketones is 1. The molecular weight excluding hydrogens is 427 g/mol. The standard InChI is InChI=1S/C29H27FN2O2/c1-29(2)17-23-27(25(33)18-29)28(20-11-8-12-21(30)16-20)32(24-14-7-6-13-22(24)31-23)26(34)15-19-9-4-3-5-10-19/h3-14,16,28,31H,15,17-18H2,1-2H3/t28-/m0/s1. The van der Waals surface area contributed by atoms with Gasteiger partial charge in [-0.05, 0) is 47.2 Å². The SMILES string of the molecule is CC1(C)CC(=O)C2=C(C1)Nc1ccccc1N(C(=O)Cc1ccccc1)[C@H]2c1cccc(F)c1. The third-order valence-electron chi connectivity index (χ3n) is 6.53. The molecule has 172 valence electrons. The van der Waals surface area contributed by atoms with Gasteiger partial charge in [0.15, 0.2) is 5.78 Å². The summed E-state index contributed by atoms with van der Waals surface area (Å²) >= 11 is 0. The normalized spacial score (nSPS) is 19.1. The van der Waals surface area contributed by atoms with Crippen LogP contribution in [-0.4, -0.2) is 11.7 Å². The number of rotatable bonds is 3. The molecule has 34 heavy (non-hydrogen) atoms. The van der Waals surface area contributed by atoms with Gasteiger partial charge in [-0.15, -0.1) is 0 Å². The number of nitrogens with one attached hydrogen (secondary N) is 1. The van der Waals surface area contributed by atoms with Crippen LogP contribution in [-0.2, 0) is 16.0 Å². The predicted molar refractivity (Wildman–Crippen MR) is 132 cm³/mol. The highest BCUT2D eigenvalue weighted by atomic mass is 19.1. The highest BCUT2D eigenvalue weighted by Crippen LogP contribution is 2.48. The monoisotopic (exact) mass is 454 g/mol. The van der Waals surface area contributed by atoms with E-state index in [1.807, 2.05) is 54.6 Å². The van der Waals surface area contributed by atoms with E-state index in [4.69, 9.17) is 0 Å². The van der Waals surface area contributed by atoms with Gasteiger partial charge in [0, 0.05) is 17.7 Å². The first kappa shape index (κ1) is 22.1. The Balaban J connectivity index is 1.73. The number of benzene rings is 3. The fourth-order valence-corrected chi connectivity index (χ4v) is 5.11. The molecule has 1 aliphatic heterocycles. The number of carbonyl (C=O) groups excluding carboxylic acids is 2. The lowest BCUT2D eigenvalue weighted by Gasteiger charge is -2.37. The number of carbonyl (C=O) groups is 2. The Morgan fingerprint density at radius 2 is 1.74 bits per heavy atom. The predicted octanol–water partition coefficient (Wildman–Crippen LogP) is 6.21. The zero-order valence-electron chi connectivity index (χ0n) is 19.3. The van der Waals surface area contributed by atoms with E-state index in [1.54, 1.807) is 17.0 Å². The van der Waals surface area contributed by atoms with Crippen LogP contribution in [0.25, 0.3) is 0 Å². The van der Waals surface area contributed by atoms with Crippen LogP contribution in [0.15, 0.2) is 90.1 Å². The molecule has 5 heteroatoms. The number of anilines is 2. The van der Waals surface area contributed by atoms with Crippen molar-refractivity contribution in [1.82, 2.24) is 0 Å². The van der Waals surface area contributed by atoms with Gasteiger partial charge in [-0.1, -0.05) is 68.4 Å². The van der Waals surface area contributed by atoms with Crippen molar-refractivity contribution in [3.8, 4) is 0 Å². The Hall–Kier alpha value is -3.73. The summed E-state index contributed by atoms with van der Waals surface area (Å²) in [6.07, 6.45) is 1.20. The maximum Gasteiger partial charge on any atom is 0.232 e. The molecule has 1 aliphatic carbocycles. The molecule has 1 atom stereocenters. The average molecular weight is 455 g/mol. The van der Waals surface area contributed by atoms with E-state index in [-0.39, 0.29) is 23.5 Å². The Bertz CT molecular complexity index is 1300. The van der Waals surface area contributed by atoms with Gasteiger partial charge in [-0.3, -0.25) is 14.5 Å².